The molecule has 1 fully saturated rings. The Kier molecular flexibility index (Phi) is 8.27. The Morgan fingerprint density at radius 3 is 2.64 bits per heavy atom. The summed E-state index contributed by atoms with van der Waals surface area (Å²) in [5.74, 6) is -0.281. The lowest BCUT2D eigenvalue weighted by atomic mass is 10.0. The van der Waals surface area contributed by atoms with Crippen molar-refractivity contribution in [2.45, 2.75) is 39.2 Å². The average molecular weight is 356 g/mol. The molecule has 0 spiro atoms. The van der Waals surface area contributed by atoms with E-state index in [1.807, 2.05) is 20.8 Å². The fourth-order valence-electron chi connectivity index (χ4n) is 2.13. The van der Waals surface area contributed by atoms with E-state index in [-0.39, 0.29) is 17.0 Å². The number of carbonyl (C=O) groups is 1. The fraction of sp³-hybridized carbons (Fsp3) is 0.588. The van der Waals surface area contributed by atoms with Crippen molar-refractivity contribution in [3.05, 3.63) is 34.1 Å². The summed E-state index contributed by atoms with van der Waals surface area (Å²) >= 11 is 0. The molecule has 0 unspecified atom stereocenters. The van der Waals surface area contributed by atoms with E-state index < -0.39 is 10.7 Å². The van der Waals surface area contributed by atoms with Gasteiger partial charge in [-0.3, -0.25) is 14.9 Å². The third-order valence-corrected chi connectivity index (χ3v) is 3.40. The van der Waals surface area contributed by atoms with Gasteiger partial charge in [-0.2, -0.15) is 0 Å². The number of carbonyl (C=O) groups excluding carboxylic acids is 1. The molecule has 0 radical (unpaired) electrons. The lowest BCUT2D eigenvalue weighted by molar-refractivity contribution is -0.385. The lowest BCUT2D eigenvalue weighted by Gasteiger charge is -2.22. The summed E-state index contributed by atoms with van der Waals surface area (Å²) < 4.78 is 23.3. The third kappa shape index (κ3) is 8.44. The van der Waals surface area contributed by atoms with Gasteiger partial charge in [0.2, 0.25) is 0 Å². The first kappa shape index (κ1) is 20.8. The number of nitro benzene ring substituents is 1. The molecule has 8 heteroatoms. The molecule has 1 aromatic rings. The summed E-state index contributed by atoms with van der Waals surface area (Å²) in [6.07, 6.45) is 2.11. The summed E-state index contributed by atoms with van der Waals surface area (Å²) in [7, 11) is 0. The molecule has 0 amide bonds. The number of hydrogen-bond donors (Lipinski definition) is 1. The van der Waals surface area contributed by atoms with Crippen LogP contribution < -0.4 is 10.1 Å². The van der Waals surface area contributed by atoms with Crippen LogP contribution in [-0.2, 0) is 9.53 Å². The molecule has 2 rings (SSSR count). The molecule has 1 N–H and O–H groups in total. The number of halogens is 1. The molecular formula is C17H25FN2O5. The van der Waals surface area contributed by atoms with Gasteiger partial charge in [0, 0.05) is 18.5 Å². The van der Waals surface area contributed by atoms with Gasteiger partial charge in [0.05, 0.1) is 17.6 Å². The van der Waals surface area contributed by atoms with Crippen LogP contribution in [0.1, 0.15) is 33.6 Å². The Balaban J connectivity index is 0.000000381. The first-order chi connectivity index (χ1) is 11.7. The van der Waals surface area contributed by atoms with Crippen molar-refractivity contribution >= 4 is 12.2 Å². The maximum Gasteiger partial charge on any atom is 0.293 e. The monoisotopic (exact) mass is 356 g/mol. The van der Waals surface area contributed by atoms with E-state index >= 15 is 0 Å². The molecule has 1 aromatic carbocycles. The Bertz CT molecular complexity index is 569. The van der Waals surface area contributed by atoms with Crippen LogP contribution in [0.3, 0.4) is 0 Å². The van der Waals surface area contributed by atoms with Gasteiger partial charge >= 0.3 is 0 Å². The van der Waals surface area contributed by atoms with E-state index in [1.54, 1.807) is 0 Å². The van der Waals surface area contributed by atoms with Gasteiger partial charge in [-0.05, 0) is 46.2 Å². The van der Waals surface area contributed by atoms with Crippen molar-refractivity contribution in [3.8, 4) is 5.75 Å². The highest BCUT2D eigenvalue weighted by Crippen LogP contribution is 2.24. The normalized spacial score (nSPS) is 17.0. The number of nitro groups is 1. The van der Waals surface area contributed by atoms with Gasteiger partial charge in [-0.25, -0.2) is 4.39 Å². The number of benzene rings is 1. The lowest BCUT2D eigenvalue weighted by Crippen LogP contribution is -2.33. The second-order valence-corrected chi connectivity index (χ2v) is 6.72. The van der Waals surface area contributed by atoms with Crippen LogP contribution in [0.25, 0.3) is 0 Å². The summed E-state index contributed by atoms with van der Waals surface area (Å²) in [6, 6.07) is 3.32. The molecule has 0 aliphatic carbocycles. The highest BCUT2D eigenvalue weighted by molar-refractivity contribution is 5.39. The van der Waals surface area contributed by atoms with Crippen molar-refractivity contribution in [2.75, 3.05) is 19.7 Å². The molecule has 1 aliphatic heterocycles. The van der Waals surface area contributed by atoms with E-state index in [4.69, 9.17) is 4.74 Å². The van der Waals surface area contributed by atoms with Crippen LogP contribution in [0.4, 0.5) is 10.1 Å². The molecule has 7 nitrogen and oxygen atoms in total. The zero-order valence-electron chi connectivity index (χ0n) is 14.8. The number of hydrogen-bond acceptors (Lipinski definition) is 6. The van der Waals surface area contributed by atoms with Gasteiger partial charge in [-0.15, -0.1) is 0 Å². The standard InChI is InChI=1S/C12H15FN2O3.C5H10O2/c13-11-4-3-10(15(16)17)6-12(11)18-8-9-2-1-5-14-7-9;1-5(2,3)7-4-6/h3-4,6,9,14H,1-2,5,7-8H2;4H,1-3H3/t9-;/m0./s1. The van der Waals surface area contributed by atoms with Crippen LogP contribution in [0, 0.1) is 21.8 Å². The number of ether oxygens (including phenoxy) is 2. The van der Waals surface area contributed by atoms with Gasteiger partial charge in [-0.1, -0.05) is 0 Å². The molecule has 0 saturated carbocycles. The zero-order valence-corrected chi connectivity index (χ0v) is 14.8. The minimum Gasteiger partial charge on any atom is -0.490 e. The molecule has 1 heterocycles. The molecule has 1 aliphatic rings. The van der Waals surface area contributed by atoms with Crippen molar-refractivity contribution < 1.29 is 23.6 Å². The van der Waals surface area contributed by atoms with E-state index in [2.05, 4.69) is 10.1 Å². The number of rotatable bonds is 5. The first-order valence-electron chi connectivity index (χ1n) is 8.12. The first-order valence-corrected chi connectivity index (χ1v) is 8.12. The maximum absolute atomic E-state index is 13.4. The highest BCUT2D eigenvalue weighted by atomic mass is 19.1. The molecule has 0 aromatic heterocycles. The largest absolute Gasteiger partial charge is 0.490 e. The van der Waals surface area contributed by atoms with Crippen LogP contribution in [0.2, 0.25) is 0 Å². The van der Waals surface area contributed by atoms with Crippen LogP contribution in [0.15, 0.2) is 18.2 Å². The minimum atomic E-state index is -0.565. The highest BCUT2D eigenvalue weighted by Gasteiger charge is 2.16. The second kappa shape index (κ2) is 9.93. The topological polar surface area (TPSA) is 90.7 Å². The Hall–Kier alpha value is -2.22. The van der Waals surface area contributed by atoms with Crippen LogP contribution >= 0.6 is 0 Å². The Labute approximate surface area is 146 Å². The summed E-state index contributed by atoms with van der Waals surface area (Å²) in [4.78, 5) is 19.6. The smallest absolute Gasteiger partial charge is 0.293 e. The summed E-state index contributed by atoms with van der Waals surface area (Å²) in [5, 5.41) is 13.8. The quantitative estimate of drug-likeness (QED) is 0.495. The van der Waals surface area contributed by atoms with Crippen LogP contribution in [0.5, 0.6) is 5.75 Å². The van der Waals surface area contributed by atoms with Crippen molar-refractivity contribution in [1.29, 1.82) is 0 Å². The Morgan fingerprint density at radius 2 is 2.16 bits per heavy atom. The van der Waals surface area contributed by atoms with Crippen molar-refractivity contribution in [3.63, 3.8) is 0 Å². The molecular weight excluding hydrogens is 331 g/mol. The van der Waals surface area contributed by atoms with Gasteiger partial charge in [0.1, 0.15) is 5.60 Å². The average Bonchev–Trinajstić information content (AvgIpc) is 2.54. The van der Waals surface area contributed by atoms with Gasteiger partial charge in [0.25, 0.3) is 12.2 Å². The number of non-ortho nitro benzene ring substituents is 1. The molecule has 1 saturated heterocycles. The second-order valence-electron chi connectivity index (χ2n) is 6.72. The number of piperidine rings is 1. The Morgan fingerprint density at radius 1 is 1.44 bits per heavy atom. The van der Waals surface area contributed by atoms with Gasteiger partial charge < -0.3 is 14.8 Å². The molecule has 25 heavy (non-hydrogen) atoms. The summed E-state index contributed by atoms with van der Waals surface area (Å²) in [5.41, 5.74) is -0.477. The fourth-order valence-corrected chi connectivity index (χ4v) is 2.13. The van der Waals surface area contributed by atoms with E-state index in [9.17, 15) is 19.3 Å². The molecule has 140 valence electrons. The molecule has 0 bridgehead atoms. The van der Waals surface area contributed by atoms with E-state index in [1.165, 1.54) is 0 Å². The van der Waals surface area contributed by atoms with E-state index in [0.29, 0.717) is 19.0 Å². The van der Waals surface area contributed by atoms with E-state index in [0.717, 1.165) is 44.1 Å². The number of nitrogens with zero attached hydrogens (tertiary/aromatic N) is 1. The number of nitrogens with one attached hydrogen (secondary N) is 1. The summed E-state index contributed by atoms with van der Waals surface area (Å²) in [6.45, 7) is 8.15. The predicted molar refractivity (Wildman–Crippen MR) is 91.0 cm³/mol. The molecule has 1 atom stereocenters. The predicted octanol–water partition coefficient (Wildman–Crippen LogP) is 3.07. The van der Waals surface area contributed by atoms with Crippen LogP contribution in [-0.4, -0.2) is 36.7 Å². The SMILES string of the molecule is CC(C)(C)OC=O.O=[N+]([O-])c1ccc(F)c(OC[C@H]2CCCNC2)c1. The van der Waals surface area contributed by atoms with Crippen molar-refractivity contribution in [1.82, 2.24) is 5.32 Å². The zero-order chi connectivity index (χ0) is 18.9. The maximum atomic E-state index is 13.4. The third-order valence-electron chi connectivity index (χ3n) is 3.40. The van der Waals surface area contributed by atoms with Crippen molar-refractivity contribution in [2.24, 2.45) is 5.92 Å². The minimum absolute atomic E-state index is 0.0465. The van der Waals surface area contributed by atoms with Gasteiger partial charge in [0.15, 0.2) is 11.6 Å².